The molecule has 2 aromatic rings. The molecule has 1 unspecified atom stereocenters. The molecule has 0 saturated carbocycles. The molecule has 1 aliphatic rings. The molecule has 3 rings (SSSR count). The van der Waals surface area contributed by atoms with Gasteiger partial charge in [-0.1, -0.05) is 23.2 Å². The number of nitriles is 1. The third kappa shape index (κ3) is 4.21. The molecule has 25 heavy (non-hydrogen) atoms. The number of piperidine rings is 1. The van der Waals surface area contributed by atoms with Crippen LogP contribution in [0.5, 0.6) is 0 Å². The molecule has 2 heterocycles. The number of Topliss-reactive ketones (excluding diaryl/α,β-unsaturated/α-hetero) is 1. The normalized spacial score (nSPS) is 19.0. The highest BCUT2D eigenvalue weighted by Crippen LogP contribution is 2.30. The third-order valence-corrected chi connectivity index (χ3v) is 5.53. The molecule has 0 spiro atoms. The van der Waals surface area contributed by atoms with Crippen molar-refractivity contribution in [1.82, 2.24) is 10.3 Å². The van der Waals surface area contributed by atoms with Crippen molar-refractivity contribution in [3.63, 3.8) is 0 Å². The van der Waals surface area contributed by atoms with E-state index in [4.69, 9.17) is 23.2 Å². The van der Waals surface area contributed by atoms with Crippen LogP contribution in [-0.2, 0) is 6.42 Å². The van der Waals surface area contributed by atoms with Crippen molar-refractivity contribution < 1.29 is 4.79 Å². The molecule has 7 heteroatoms. The van der Waals surface area contributed by atoms with E-state index in [1.807, 2.05) is 0 Å². The quantitative estimate of drug-likeness (QED) is 0.467. The number of thiazole rings is 1. The third-order valence-electron chi connectivity index (χ3n) is 4.14. The molecule has 1 aromatic heterocycles. The van der Waals surface area contributed by atoms with Gasteiger partial charge in [-0.05, 0) is 43.5 Å². The van der Waals surface area contributed by atoms with E-state index in [0.29, 0.717) is 21.5 Å². The molecular formula is C18H15Cl2N3OS. The maximum Gasteiger partial charge on any atom is 0.205 e. The number of allylic oxidation sites excluding steroid dienone is 2. The lowest BCUT2D eigenvalue weighted by Crippen LogP contribution is -2.31. The molecule has 1 aliphatic heterocycles. The molecule has 0 amide bonds. The van der Waals surface area contributed by atoms with E-state index in [-0.39, 0.29) is 17.3 Å². The molecule has 0 radical (unpaired) electrons. The van der Waals surface area contributed by atoms with E-state index in [1.54, 1.807) is 30.5 Å². The number of hydrogen-bond acceptors (Lipinski definition) is 5. The smallest absolute Gasteiger partial charge is 0.205 e. The van der Waals surface area contributed by atoms with Gasteiger partial charge < -0.3 is 5.32 Å². The van der Waals surface area contributed by atoms with E-state index < -0.39 is 0 Å². The molecule has 4 nitrogen and oxygen atoms in total. The molecular weight excluding hydrogens is 377 g/mol. The monoisotopic (exact) mass is 391 g/mol. The van der Waals surface area contributed by atoms with Crippen LogP contribution in [0.3, 0.4) is 0 Å². The van der Waals surface area contributed by atoms with E-state index in [1.165, 1.54) is 11.3 Å². The van der Waals surface area contributed by atoms with Gasteiger partial charge in [-0.25, -0.2) is 4.98 Å². The van der Waals surface area contributed by atoms with Crippen LogP contribution in [0.25, 0.3) is 0 Å². The van der Waals surface area contributed by atoms with Crippen LogP contribution >= 0.6 is 34.5 Å². The first-order valence-corrected chi connectivity index (χ1v) is 9.44. The van der Waals surface area contributed by atoms with Crippen molar-refractivity contribution in [1.29, 1.82) is 5.26 Å². The van der Waals surface area contributed by atoms with Crippen LogP contribution in [0, 0.1) is 17.2 Å². The second kappa shape index (κ2) is 8.01. The van der Waals surface area contributed by atoms with Gasteiger partial charge in [0.25, 0.3) is 0 Å². The maximum absolute atomic E-state index is 12.8. The summed E-state index contributed by atoms with van der Waals surface area (Å²) in [5, 5.41) is 13.5. The summed E-state index contributed by atoms with van der Waals surface area (Å²) in [5.74, 6) is -0.202. The molecule has 1 aromatic carbocycles. The van der Waals surface area contributed by atoms with Crippen LogP contribution in [0.4, 0.5) is 0 Å². The minimum absolute atomic E-state index is 0.0798. The maximum atomic E-state index is 12.8. The highest BCUT2D eigenvalue weighted by atomic mass is 35.5. The summed E-state index contributed by atoms with van der Waals surface area (Å²) in [7, 11) is 0. The van der Waals surface area contributed by atoms with Gasteiger partial charge in [0.15, 0.2) is 4.47 Å². The van der Waals surface area contributed by atoms with Crippen molar-refractivity contribution in [3.05, 3.63) is 61.7 Å². The number of rotatable bonds is 4. The number of benzene rings is 1. The Morgan fingerprint density at radius 3 is 2.76 bits per heavy atom. The summed E-state index contributed by atoms with van der Waals surface area (Å²) in [5.41, 5.74) is 1.35. The molecule has 1 fully saturated rings. The molecule has 0 bridgehead atoms. The lowest BCUT2D eigenvalue weighted by atomic mass is 9.87. The van der Waals surface area contributed by atoms with Gasteiger partial charge in [-0.2, -0.15) is 5.26 Å². The van der Waals surface area contributed by atoms with E-state index >= 15 is 0 Å². The standard InChI is InChI=1S/C18H15Cl2N3OS/c19-13-5-3-11(4-6-13)17(24)15(9-21)16-12(2-1-7-22-16)8-14-10-23-18(20)25-14/h3-6,10,12,22H,1-2,7-8H2/b16-15-. The van der Waals surface area contributed by atoms with Crippen molar-refractivity contribution in [2.45, 2.75) is 19.3 Å². The minimum atomic E-state index is -0.282. The Kier molecular flexibility index (Phi) is 5.74. The number of halogens is 2. The summed E-state index contributed by atoms with van der Waals surface area (Å²) >= 11 is 13.2. The zero-order valence-electron chi connectivity index (χ0n) is 13.3. The molecule has 1 N–H and O–H groups in total. The number of nitrogens with zero attached hydrogens (tertiary/aromatic N) is 2. The second-order valence-electron chi connectivity index (χ2n) is 5.79. The Labute approximate surface area is 160 Å². The zero-order valence-corrected chi connectivity index (χ0v) is 15.6. The lowest BCUT2D eigenvalue weighted by Gasteiger charge is -2.27. The van der Waals surface area contributed by atoms with Gasteiger partial charge in [0, 0.05) is 39.8 Å². The molecule has 128 valence electrons. The molecule has 0 aliphatic carbocycles. The fourth-order valence-corrected chi connectivity index (χ4v) is 4.14. The summed E-state index contributed by atoms with van der Waals surface area (Å²) in [6.45, 7) is 0.758. The number of nitrogens with one attached hydrogen (secondary N) is 1. The summed E-state index contributed by atoms with van der Waals surface area (Å²) in [4.78, 5) is 17.9. The van der Waals surface area contributed by atoms with E-state index in [9.17, 15) is 10.1 Å². The Hall–Kier alpha value is -1.87. The van der Waals surface area contributed by atoms with Crippen molar-refractivity contribution in [3.8, 4) is 6.07 Å². The van der Waals surface area contributed by atoms with Crippen LogP contribution in [-0.4, -0.2) is 17.3 Å². The Morgan fingerprint density at radius 2 is 2.12 bits per heavy atom. The minimum Gasteiger partial charge on any atom is -0.387 e. The first kappa shape index (κ1) is 17.9. The van der Waals surface area contributed by atoms with Crippen molar-refractivity contribution in [2.24, 2.45) is 5.92 Å². The van der Waals surface area contributed by atoms with Gasteiger partial charge in [0.05, 0.1) is 0 Å². The number of carbonyl (C=O) groups is 1. The number of hydrogen-bond donors (Lipinski definition) is 1. The summed E-state index contributed by atoms with van der Waals surface area (Å²) in [6, 6.07) is 8.69. The Balaban J connectivity index is 1.92. The van der Waals surface area contributed by atoms with Gasteiger partial charge in [0.1, 0.15) is 11.6 Å². The first-order chi connectivity index (χ1) is 12.1. The van der Waals surface area contributed by atoms with Gasteiger partial charge in [-0.15, -0.1) is 11.3 Å². The second-order valence-corrected chi connectivity index (χ2v) is 7.92. The highest BCUT2D eigenvalue weighted by Gasteiger charge is 2.27. The fraction of sp³-hybridized carbons (Fsp3) is 0.278. The van der Waals surface area contributed by atoms with Gasteiger partial charge >= 0.3 is 0 Å². The van der Waals surface area contributed by atoms with Crippen molar-refractivity contribution in [2.75, 3.05) is 6.54 Å². The van der Waals surface area contributed by atoms with E-state index in [2.05, 4.69) is 16.4 Å². The first-order valence-electron chi connectivity index (χ1n) is 7.87. The topological polar surface area (TPSA) is 65.8 Å². The van der Waals surface area contributed by atoms with Crippen LogP contribution < -0.4 is 5.32 Å². The van der Waals surface area contributed by atoms with Gasteiger partial charge in [-0.3, -0.25) is 4.79 Å². The van der Waals surface area contributed by atoms with Crippen molar-refractivity contribution >= 4 is 40.3 Å². The lowest BCUT2D eigenvalue weighted by molar-refractivity contribution is 0.103. The van der Waals surface area contributed by atoms with Gasteiger partial charge in [0.2, 0.25) is 5.78 Å². The van der Waals surface area contributed by atoms with Crippen LogP contribution in [0.15, 0.2) is 41.7 Å². The zero-order chi connectivity index (χ0) is 17.8. The molecule has 1 saturated heterocycles. The predicted octanol–water partition coefficient (Wildman–Crippen LogP) is 4.65. The van der Waals surface area contributed by atoms with Crippen LogP contribution in [0.2, 0.25) is 9.49 Å². The predicted molar refractivity (Wildman–Crippen MR) is 100.0 cm³/mol. The average Bonchev–Trinajstić information content (AvgIpc) is 3.02. The Bertz CT molecular complexity index is 852. The largest absolute Gasteiger partial charge is 0.387 e. The fourth-order valence-electron chi connectivity index (χ4n) is 2.96. The highest BCUT2D eigenvalue weighted by molar-refractivity contribution is 7.15. The summed E-state index contributed by atoms with van der Waals surface area (Å²) < 4.78 is 0.502. The van der Waals surface area contributed by atoms with Crippen LogP contribution in [0.1, 0.15) is 28.1 Å². The number of carbonyl (C=O) groups excluding carboxylic acids is 1. The Morgan fingerprint density at radius 1 is 1.36 bits per heavy atom. The number of ketones is 1. The SMILES string of the molecule is N#C/C(C(=O)c1ccc(Cl)cc1)=C1/NCCCC1Cc1cnc(Cl)s1. The summed E-state index contributed by atoms with van der Waals surface area (Å²) in [6.07, 6.45) is 4.38. The molecule has 1 atom stereocenters. The number of aromatic nitrogens is 1. The van der Waals surface area contributed by atoms with E-state index in [0.717, 1.165) is 30.0 Å². The average molecular weight is 392 g/mol.